The van der Waals surface area contributed by atoms with Crippen molar-refractivity contribution in [1.29, 1.82) is 0 Å². The molecule has 0 unspecified atom stereocenters. The van der Waals surface area contributed by atoms with Crippen molar-refractivity contribution in [3.05, 3.63) is 119 Å². The predicted octanol–water partition coefficient (Wildman–Crippen LogP) is 4.74. The van der Waals surface area contributed by atoms with Gasteiger partial charge in [-0.1, -0.05) is 41.9 Å². The number of hydrogen-bond acceptors (Lipinski definition) is 6. The van der Waals surface area contributed by atoms with Crippen LogP contribution < -0.4 is 15.1 Å². The monoisotopic (exact) mass is 581 g/mol. The maximum Gasteiger partial charge on any atom is 0.299 e. The van der Waals surface area contributed by atoms with E-state index < -0.39 is 36.1 Å². The summed E-state index contributed by atoms with van der Waals surface area (Å²) in [7, 11) is 3.84. The van der Waals surface area contributed by atoms with Gasteiger partial charge in [-0.2, -0.15) is 0 Å². The van der Waals surface area contributed by atoms with Gasteiger partial charge in [0.15, 0.2) is 0 Å². The van der Waals surface area contributed by atoms with Crippen LogP contribution in [0.3, 0.4) is 0 Å². The van der Waals surface area contributed by atoms with Crippen molar-refractivity contribution < 1.29 is 19.2 Å². The maximum atomic E-state index is 14.1. The molecule has 0 fully saturated rings. The number of nitrogens with zero attached hydrogens (tertiary/aromatic N) is 4. The number of halogens is 1. The van der Waals surface area contributed by atoms with E-state index in [1.54, 1.807) is 85.2 Å². The van der Waals surface area contributed by atoms with Crippen LogP contribution in [0, 0.1) is 0 Å². The molecule has 4 aromatic rings. The fraction of sp³-hybridized carbons (Fsp3) is 0.156. The highest BCUT2D eigenvalue weighted by Gasteiger charge is 2.39. The molecule has 5 rings (SSSR count). The fourth-order valence-corrected chi connectivity index (χ4v) is 4.94. The summed E-state index contributed by atoms with van der Waals surface area (Å²) in [6, 6.07) is 22.9. The molecule has 0 radical (unpaired) electrons. The van der Waals surface area contributed by atoms with E-state index in [9.17, 15) is 19.2 Å². The number of ketones is 1. The third kappa shape index (κ3) is 6.01. The van der Waals surface area contributed by atoms with Crippen LogP contribution >= 0.6 is 11.6 Å². The Labute approximate surface area is 248 Å². The number of anilines is 3. The number of para-hydroxylation sites is 1. The van der Waals surface area contributed by atoms with E-state index in [0.29, 0.717) is 27.5 Å². The minimum Gasteiger partial charge on any atom is -0.378 e. The first-order chi connectivity index (χ1) is 20.2. The van der Waals surface area contributed by atoms with Gasteiger partial charge in [-0.05, 0) is 65.7 Å². The van der Waals surface area contributed by atoms with Crippen molar-refractivity contribution in [2.24, 2.45) is 0 Å². The zero-order valence-electron chi connectivity index (χ0n) is 23.0. The van der Waals surface area contributed by atoms with Crippen molar-refractivity contribution in [3.63, 3.8) is 0 Å². The number of Topliss-reactive ketones (excluding diaryl/α,β-unsaturated/α-hetero) is 1. The maximum absolute atomic E-state index is 14.1. The van der Waals surface area contributed by atoms with Crippen molar-refractivity contribution in [3.8, 4) is 0 Å². The molecule has 10 heteroatoms. The standard InChI is InChI=1S/C32H28ClN5O4/c1-36(2)25-15-13-24(14-16-25)35-31(41)29(22-9-11-23(33)12-10-22)38(19-21-6-5-17-34-18-21)28(39)20-37-27-8-4-3-7-26(27)30(40)32(37)42/h3-18,29H,19-20H2,1-2H3,(H,35,41)/t29-/m1/s1. The highest BCUT2D eigenvalue weighted by molar-refractivity contribution is 6.52. The summed E-state index contributed by atoms with van der Waals surface area (Å²) in [4.78, 5) is 62.3. The zero-order chi connectivity index (χ0) is 29.8. The van der Waals surface area contributed by atoms with Crippen LogP contribution in [0.2, 0.25) is 5.02 Å². The third-order valence-corrected chi connectivity index (χ3v) is 7.22. The number of pyridine rings is 1. The molecule has 0 saturated heterocycles. The number of amides is 3. The van der Waals surface area contributed by atoms with E-state index in [0.717, 1.165) is 10.6 Å². The van der Waals surface area contributed by atoms with E-state index >= 15 is 0 Å². The summed E-state index contributed by atoms with van der Waals surface area (Å²) in [6.07, 6.45) is 3.22. The number of benzene rings is 3. The molecule has 42 heavy (non-hydrogen) atoms. The molecular formula is C32H28ClN5O4. The van der Waals surface area contributed by atoms with Crippen LogP contribution in [0.1, 0.15) is 27.5 Å². The lowest BCUT2D eigenvalue weighted by Gasteiger charge is -2.33. The second-order valence-electron chi connectivity index (χ2n) is 10.0. The minimum atomic E-state index is -1.10. The molecule has 212 valence electrons. The fourth-order valence-electron chi connectivity index (χ4n) is 4.81. The van der Waals surface area contributed by atoms with Crippen molar-refractivity contribution >= 4 is 52.2 Å². The Bertz CT molecular complexity index is 1630. The summed E-state index contributed by atoms with van der Waals surface area (Å²) in [6.45, 7) is -0.415. The van der Waals surface area contributed by atoms with Gasteiger partial charge in [-0.25, -0.2) is 0 Å². The summed E-state index contributed by atoms with van der Waals surface area (Å²) in [5, 5.41) is 3.41. The zero-order valence-corrected chi connectivity index (χ0v) is 23.8. The van der Waals surface area contributed by atoms with Crippen molar-refractivity contribution in [2.75, 3.05) is 35.8 Å². The Morgan fingerprint density at radius 1 is 0.929 bits per heavy atom. The number of aromatic nitrogens is 1. The lowest BCUT2D eigenvalue weighted by molar-refractivity contribution is -0.139. The number of carbonyl (C=O) groups is 4. The summed E-state index contributed by atoms with van der Waals surface area (Å²) in [5.74, 6) is -2.46. The Kier molecular flexibility index (Phi) is 8.31. The quantitative estimate of drug-likeness (QED) is 0.287. The minimum absolute atomic E-state index is 0.0184. The molecule has 1 aliphatic rings. The predicted molar refractivity (Wildman–Crippen MR) is 162 cm³/mol. The van der Waals surface area contributed by atoms with E-state index in [2.05, 4.69) is 10.3 Å². The molecule has 0 spiro atoms. The number of rotatable bonds is 9. The van der Waals surface area contributed by atoms with E-state index in [1.165, 1.54) is 4.90 Å². The first kappa shape index (κ1) is 28.5. The van der Waals surface area contributed by atoms with Gasteiger partial charge in [-0.15, -0.1) is 0 Å². The smallest absolute Gasteiger partial charge is 0.299 e. The summed E-state index contributed by atoms with van der Waals surface area (Å²) >= 11 is 6.16. The van der Waals surface area contributed by atoms with E-state index in [-0.39, 0.29) is 12.1 Å². The molecule has 0 aliphatic carbocycles. The summed E-state index contributed by atoms with van der Waals surface area (Å²) in [5.41, 5.74) is 3.30. The topological polar surface area (TPSA) is 103 Å². The molecule has 0 saturated carbocycles. The van der Waals surface area contributed by atoms with Gasteiger partial charge in [0.05, 0.1) is 11.3 Å². The molecule has 3 amide bonds. The first-order valence-corrected chi connectivity index (χ1v) is 13.6. The van der Waals surface area contributed by atoms with E-state index in [1.807, 2.05) is 31.1 Å². The van der Waals surface area contributed by atoms with Gasteiger partial charge < -0.3 is 15.1 Å². The number of fused-ring (bicyclic) bond motifs is 1. The molecule has 2 heterocycles. The Balaban J connectivity index is 1.52. The average Bonchev–Trinajstić information content (AvgIpc) is 3.23. The molecular weight excluding hydrogens is 554 g/mol. The van der Waals surface area contributed by atoms with Gasteiger partial charge >= 0.3 is 0 Å². The second kappa shape index (κ2) is 12.2. The van der Waals surface area contributed by atoms with Crippen LogP contribution in [0.5, 0.6) is 0 Å². The molecule has 0 bridgehead atoms. The average molecular weight is 582 g/mol. The normalized spacial score (nSPS) is 13.0. The number of hydrogen-bond donors (Lipinski definition) is 1. The number of carbonyl (C=O) groups excluding carboxylic acids is 4. The lowest BCUT2D eigenvalue weighted by Crippen LogP contribution is -2.46. The van der Waals surface area contributed by atoms with Crippen LogP contribution in [0.25, 0.3) is 0 Å². The second-order valence-corrected chi connectivity index (χ2v) is 10.4. The van der Waals surface area contributed by atoms with Gasteiger partial charge in [0.25, 0.3) is 17.6 Å². The Morgan fingerprint density at radius 3 is 2.31 bits per heavy atom. The Hall–Kier alpha value is -5.02. The third-order valence-electron chi connectivity index (χ3n) is 6.97. The highest BCUT2D eigenvalue weighted by atomic mass is 35.5. The van der Waals surface area contributed by atoms with E-state index in [4.69, 9.17) is 11.6 Å². The Morgan fingerprint density at radius 2 is 1.64 bits per heavy atom. The van der Waals surface area contributed by atoms with Gasteiger partial charge in [-0.3, -0.25) is 29.1 Å². The summed E-state index contributed by atoms with van der Waals surface area (Å²) < 4.78 is 0. The molecule has 1 atom stereocenters. The molecule has 1 N–H and O–H groups in total. The van der Waals surface area contributed by atoms with Crippen molar-refractivity contribution in [1.82, 2.24) is 9.88 Å². The van der Waals surface area contributed by atoms with Gasteiger partial charge in [0.1, 0.15) is 12.6 Å². The molecule has 3 aromatic carbocycles. The van der Waals surface area contributed by atoms with Crippen LogP contribution in [0.4, 0.5) is 17.1 Å². The van der Waals surface area contributed by atoms with Crippen LogP contribution in [0.15, 0.2) is 97.3 Å². The number of nitrogens with one attached hydrogen (secondary N) is 1. The van der Waals surface area contributed by atoms with Gasteiger partial charge in [0.2, 0.25) is 5.91 Å². The molecule has 9 nitrogen and oxygen atoms in total. The van der Waals surface area contributed by atoms with Crippen LogP contribution in [-0.2, 0) is 20.9 Å². The molecule has 1 aliphatic heterocycles. The van der Waals surface area contributed by atoms with Crippen molar-refractivity contribution in [2.45, 2.75) is 12.6 Å². The van der Waals surface area contributed by atoms with Crippen LogP contribution in [-0.4, -0.2) is 54.0 Å². The SMILES string of the molecule is CN(C)c1ccc(NC(=O)[C@@H](c2ccc(Cl)cc2)N(Cc2cccnc2)C(=O)CN2C(=O)C(=O)c3ccccc32)cc1. The first-order valence-electron chi connectivity index (χ1n) is 13.2. The largest absolute Gasteiger partial charge is 0.378 e. The highest BCUT2D eigenvalue weighted by Crippen LogP contribution is 2.31. The molecule has 1 aromatic heterocycles. The lowest BCUT2D eigenvalue weighted by atomic mass is 10.0. The van der Waals surface area contributed by atoms with Gasteiger partial charge in [0, 0.05) is 49.4 Å².